The Hall–Kier alpha value is -1.96. The first kappa shape index (κ1) is 8.22. The maximum atomic E-state index is 7.59. The minimum Gasteiger partial charge on any atom is -0.496 e. The molecule has 0 N–H and O–H groups in total. The van der Waals surface area contributed by atoms with Crippen LogP contribution in [0.4, 0.5) is 0 Å². The fraction of sp³-hybridized carbons (Fsp3) is 0.143. The minimum absolute atomic E-state index is 0.395. The Morgan fingerprint density at radius 2 is 1.25 bits per heavy atom. The van der Waals surface area contributed by atoms with E-state index in [0.29, 0.717) is 23.6 Å². The van der Waals surface area contributed by atoms with Crippen molar-refractivity contribution in [1.82, 2.24) is 0 Å². The van der Waals surface area contributed by atoms with Gasteiger partial charge in [0.1, 0.15) is 11.5 Å². The highest BCUT2D eigenvalue weighted by atomic mass is 16.5. The largest absolute Gasteiger partial charge is 0.496 e. The molecule has 0 aromatic heterocycles. The van der Waals surface area contributed by atoms with E-state index in [1.807, 2.05) is 12.1 Å². The fourth-order valence-electron chi connectivity index (χ4n) is 1.61. The number of benzene rings is 2. The Morgan fingerprint density at radius 3 is 1.62 bits per heavy atom. The lowest BCUT2D eigenvalue weighted by molar-refractivity contribution is 0.410. The average Bonchev–Trinajstić information content (AvgIpc) is 2.38. The zero-order valence-corrected chi connectivity index (χ0v) is 9.28. The highest BCUT2D eigenvalue weighted by molar-refractivity contribution is 5.75. The van der Waals surface area contributed by atoms with E-state index in [-0.39, 0.29) is 0 Å². The van der Waals surface area contributed by atoms with Crippen LogP contribution in [0.5, 0.6) is 11.5 Å². The standard InChI is InChI=1S/C14H14O2/c1-15-13-9-5-3-7-11(13)12-8-4-6-10-14(12)16-2/h3-10H,1-2H3/i5D,6D. The van der Waals surface area contributed by atoms with E-state index in [9.17, 15) is 0 Å². The first-order chi connectivity index (χ1) is 8.65. The molecule has 0 aliphatic rings. The van der Waals surface area contributed by atoms with E-state index in [0.717, 1.165) is 11.1 Å². The van der Waals surface area contributed by atoms with Gasteiger partial charge in [-0.05, 0) is 12.1 Å². The number of ether oxygens (including phenoxy) is 2. The Balaban J connectivity index is 2.61. The summed E-state index contributed by atoms with van der Waals surface area (Å²) in [6.45, 7) is 0. The van der Waals surface area contributed by atoms with Crippen LogP contribution in [0.2, 0.25) is 0 Å². The molecule has 0 aliphatic carbocycles. The molecule has 0 unspecified atom stereocenters. The van der Waals surface area contributed by atoms with Crippen molar-refractivity contribution in [3.05, 3.63) is 48.5 Å². The van der Waals surface area contributed by atoms with Crippen molar-refractivity contribution in [2.75, 3.05) is 14.2 Å². The minimum atomic E-state index is 0.395. The zero-order chi connectivity index (χ0) is 13.1. The van der Waals surface area contributed by atoms with Crippen molar-refractivity contribution >= 4 is 0 Å². The van der Waals surface area contributed by atoms with Gasteiger partial charge < -0.3 is 9.47 Å². The second-order valence-electron chi connectivity index (χ2n) is 3.25. The summed E-state index contributed by atoms with van der Waals surface area (Å²) in [4.78, 5) is 0. The Labute approximate surface area is 98.3 Å². The number of para-hydroxylation sites is 2. The number of hydrogen-bond donors (Lipinski definition) is 0. The average molecular weight is 216 g/mol. The first-order valence-electron chi connectivity index (χ1n) is 5.95. The van der Waals surface area contributed by atoms with Crippen molar-refractivity contribution in [3.8, 4) is 22.6 Å². The molecule has 2 nitrogen and oxygen atoms in total. The molecule has 0 saturated heterocycles. The molecule has 0 aliphatic heterocycles. The summed E-state index contributed by atoms with van der Waals surface area (Å²) in [5.41, 5.74) is 1.70. The van der Waals surface area contributed by atoms with Crippen LogP contribution in [-0.2, 0) is 0 Å². The molecule has 0 bridgehead atoms. The zero-order valence-electron chi connectivity index (χ0n) is 11.3. The molecule has 0 saturated carbocycles. The van der Waals surface area contributed by atoms with Crippen LogP contribution in [0.25, 0.3) is 11.1 Å². The topological polar surface area (TPSA) is 18.5 Å². The lowest BCUT2D eigenvalue weighted by atomic mass is 10.0. The normalized spacial score (nSPS) is 11.6. The van der Waals surface area contributed by atoms with E-state index in [4.69, 9.17) is 12.2 Å². The van der Waals surface area contributed by atoms with Gasteiger partial charge in [-0.1, -0.05) is 36.4 Å². The Bertz CT molecular complexity index is 516. The van der Waals surface area contributed by atoms with Gasteiger partial charge in [-0.25, -0.2) is 0 Å². The van der Waals surface area contributed by atoms with Gasteiger partial charge in [0, 0.05) is 11.1 Å². The summed E-state index contributed by atoms with van der Waals surface area (Å²) in [7, 11) is 3.15. The van der Waals surface area contributed by atoms with Crippen molar-refractivity contribution in [2.45, 2.75) is 0 Å². The van der Waals surface area contributed by atoms with E-state index < -0.39 is 0 Å². The third kappa shape index (κ3) is 1.87. The van der Waals surface area contributed by atoms with Gasteiger partial charge in [0.25, 0.3) is 0 Å². The SMILES string of the molecule is [2H]c1ccc(-c2ccc([2H])cc2OC)c(OC)c1. The summed E-state index contributed by atoms with van der Waals surface area (Å²) in [5, 5.41) is 0. The van der Waals surface area contributed by atoms with E-state index in [1.165, 1.54) is 0 Å². The van der Waals surface area contributed by atoms with Crippen molar-refractivity contribution in [1.29, 1.82) is 0 Å². The molecule has 16 heavy (non-hydrogen) atoms. The van der Waals surface area contributed by atoms with Crippen molar-refractivity contribution < 1.29 is 12.2 Å². The van der Waals surface area contributed by atoms with E-state index in [2.05, 4.69) is 0 Å². The number of rotatable bonds is 3. The van der Waals surface area contributed by atoms with Crippen LogP contribution in [0, 0.1) is 0 Å². The van der Waals surface area contributed by atoms with Crippen LogP contribution in [0.3, 0.4) is 0 Å². The van der Waals surface area contributed by atoms with Crippen molar-refractivity contribution in [2.24, 2.45) is 0 Å². The van der Waals surface area contributed by atoms with Gasteiger partial charge in [-0.2, -0.15) is 0 Å². The molecule has 82 valence electrons. The number of hydrogen-bond acceptors (Lipinski definition) is 2. The highest BCUT2D eigenvalue weighted by Crippen LogP contribution is 2.35. The van der Waals surface area contributed by atoms with Gasteiger partial charge in [-0.3, -0.25) is 0 Å². The molecule has 0 atom stereocenters. The second-order valence-corrected chi connectivity index (χ2v) is 3.25. The molecule has 0 radical (unpaired) electrons. The molecule has 0 heterocycles. The molecular weight excluding hydrogens is 200 g/mol. The third-order valence-corrected chi connectivity index (χ3v) is 2.38. The third-order valence-electron chi connectivity index (χ3n) is 2.38. The van der Waals surface area contributed by atoms with Gasteiger partial charge >= 0.3 is 0 Å². The van der Waals surface area contributed by atoms with Gasteiger partial charge in [0.05, 0.1) is 17.0 Å². The predicted molar refractivity (Wildman–Crippen MR) is 65.0 cm³/mol. The summed E-state index contributed by atoms with van der Waals surface area (Å²) < 4.78 is 25.8. The van der Waals surface area contributed by atoms with Crippen LogP contribution >= 0.6 is 0 Å². The lowest BCUT2D eigenvalue weighted by Gasteiger charge is -2.11. The van der Waals surface area contributed by atoms with Gasteiger partial charge in [-0.15, -0.1) is 0 Å². The molecule has 2 aromatic carbocycles. The molecule has 2 aromatic rings. The van der Waals surface area contributed by atoms with Crippen LogP contribution in [0.1, 0.15) is 2.74 Å². The summed E-state index contributed by atoms with van der Waals surface area (Å²) >= 11 is 0. The fourth-order valence-corrected chi connectivity index (χ4v) is 1.61. The quantitative estimate of drug-likeness (QED) is 0.783. The molecule has 2 rings (SSSR count). The Morgan fingerprint density at radius 1 is 0.812 bits per heavy atom. The molecule has 2 heteroatoms. The maximum Gasteiger partial charge on any atom is 0.126 e. The van der Waals surface area contributed by atoms with E-state index >= 15 is 0 Å². The smallest absolute Gasteiger partial charge is 0.126 e. The highest BCUT2D eigenvalue weighted by Gasteiger charge is 2.08. The molecule has 0 fully saturated rings. The molecule has 0 amide bonds. The van der Waals surface area contributed by atoms with Crippen LogP contribution in [0.15, 0.2) is 48.5 Å². The maximum absolute atomic E-state index is 7.59. The van der Waals surface area contributed by atoms with Crippen molar-refractivity contribution in [3.63, 3.8) is 0 Å². The Kier molecular flexibility index (Phi) is 2.42. The number of methoxy groups -OCH3 is 2. The second kappa shape index (κ2) is 4.71. The lowest BCUT2D eigenvalue weighted by Crippen LogP contribution is -1.90. The monoisotopic (exact) mass is 216 g/mol. The molecular formula is C14H14O2. The first-order valence-corrected chi connectivity index (χ1v) is 4.95. The summed E-state index contributed by atoms with van der Waals surface area (Å²) in [6.07, 6.45) is 0. The van der Waals surface area contributed by atoms with Gasteiger partial charge in [0.2, 0.25) is 0 Å². The van der Waals surface area contributed by atoms with Crippen LogP contribution < -0.4 is 9.47 Å². The summed E-state index contributed by atoms with van der Waals surface area (Å²) in [6, 6.07) is 11.1. The predicted octanol–water partition coefficient (Wildman–Crippen LogP) is 3.37. The van der Waals surface area contributed by atoms with Gasteiger partial charge in [0.15, 0.2) is 0 Å². The van der Waals surface area contributed by atoms with Crippen LogP contribution in [-0.4, -0.2) is 14.2 Å². The van der Waals surface area contributed by atoms with E-state index in [1.54, 1.807) is 38.5 Å². The summed E-state index contributed by atoms with van der Waals surface area (Å²) in [5.74, 6) is 1.25. The molecule has 0 spiro atoms.